The first-order valence-corrected chi connectivity index (χ1v) is 28.2. The van der Waals surface area contributed by atoms with E-state index in [1.165, 1.54) is 0 Å². The van der Waals surface area contributed by atoms with Crippen LogP contribution in [0.4, 0.5) is 0 Å². The van der Waals surface area contributed by atoms with Gasteiger partial charge in [0.1, 0.15) is 18.8 Å². The fourth-order valence-electron chi connectivity index (χ4n) is 7.50. The normalized spacial score (nSPS) is 19.2. The third-order valence-electron chi connectivity index (χ3n) is 11.7. The van der Waals surface area contributed by atoms with Crippen LogP contribution >= 0.6 is 0 Å². The van der Waals surface area contributed by atoms with Crippen LogP contribution in [-0.4, -0.2) is 89.2 Å². The third kappa shape index (κ3) is 39.9. The molecule has 1 fully saturated rings. The number of rotatable bonds is 45. The number of carbonyl (C=O) groups excluding carboxylic acids is 3. The molecule has 1 aliphatic rings. The smallest absolute Gasteiger partial charge is 0.335 e. The average molecular weight is 1050 g/mol. The molecule has 0 radical (unpaired) electrons. The van der Waals surface area contributed by atoms with Gasteiger partial charge in [0.15, 0.2) is 24.6 Å². The van der Waals surface area contributed by atoms with Crippen molar-refractivity contribution in [3.05, 3.63) is 134 Å². The van der Waals surface area contributed by atoms with Crippen molar-refractivity contribution in [1.82, 2.24) is 0 Å². The number of carboxylic acid groups (broad SMARTS) is 1. The van der Waals surface area contributed by atoms with Gasteiger partial charge < -0.3 is 39.0 Å². The van der Waals surface area contributed by atoms with Crippen molar-refractivity contribution in [3.8, 4) is 0 Å². The predicted octanol–water partition coefficient (Wildman–Crippen LogP) is 14.2. The number of carbonyl (C=O) groups is 4. The van der Waals surface area contributed by atoms with Crippen LogP contribution < -0.4 is 0 Å². The lowest BCUT2D eigenvalue weighted by Crippen LogP contribution is -2.61. The fraction of sp³-hybridized carbons (Fsp3) is 0.587. The lowest BCUT2D eigenvalue weighted by molar-refractivity contribution is -0.301. The maximum atomic E-state index is 13.1. The highest BCUT2D eigenvalue weighted by molar-refractivity contribution is 5.74. The van der Waals surface area contributed by atoms with Gasteiger partial charge in [-0.05, 0) is 116 Å². The number of aliphatic hydroxyl groups excluding tert-OH is 2. The first-order chi connectivity index (χ1) is 36.6. The number of allylic oxidation sites excluding steroid dienone is 22. The molecule has 0 spiro atoms. The van der Waals surface area contributed by atoms with Gasteiger partial charge in [-0.15, -0.1) is 0 Å². The summed E-state index contributed by atoms with van der Waals surface area (Å²) in [5.41, 5.74) is 0. The summed E-state index contributed by atoms with van der Waals surface area (Å²) < 4.78 is 28.2. The summed E-state index contributed by atoms with van der Waals surface area (Å²) >= 11 is 0. The first kappa shape index (κ1) is 67.9. The Morgan fingerprint density at radius 3 is 1.27 bits per heavy atom. The standard InChI is InChI=1S/C63H96O12/c1-4-7-10-13-16-19-22-25-27-28-30-33-36-39-42-45-48-51-57(66)74-61-59(68)58(67)60(62(69)70)75-63(61)72-53-54(73-56(65)50-47-44-41-38-35-31-24-21-18-15-12-9-6-3)52-71-55(64)49-46-43-40-37-34-32-29-26-23-20-17-14-11-8-5-2/h7-12,16-21,25-27,29-31,33,35,41,44,54,58-61,63,67-68H,4-6,13-15,22-24,28,32,34,36-40,42-43,45-53H2,1-3H3,(H,69,70)/b10-7-,11-8-,12-9-,19-16-,20-17-,21-18-,27-25-,29-26-,33-30-,35-31-,44-41-. The molecule has 0 bridgehead atoms. The fourth-order valence-corrected chi connectivity index (χ4v) is 7.50. The van der Waals surface area contributed by atoms with Crippen molar-refractivity contribution in [3.63, 3.8) is 0 Å². The summed E-state index contributed by atoms with van der Waals surface area (Å²) in [5, 5.41) is 31.4. The topological polar surface area (TPSA) is 175 Å². The second-order valence-electron chi connectivity index (χ2n) is 18.4. The number of esters is 3. The van der Waals surface area contributed by atoms with Crippen molar-refractivity contribution in [2.75, 3.05) is 13.2 Å². The van der Waals surface area contributed by atoms with E-state index in [1.54, 1.807) is 0 Å². The van der Waals surface area contributed by atoms with Crippen LogP contribution in [0.5, 0.6) is 0 Å². The van der Waals surface area contributed by atoms with Gasteiger partial charge in [0, 0.05) is 19.3 Å². The van der Waals surface area contributed by atoms with Gasteiger partial charge in [0.05, 0.1) is 6.61 Å². The van der Waals surface area contributed by atoms with E-state index in [4.69, 9.17) is 23.7 Å². The number of aliphatic carboxylic acids is 1. The zero-order chi connectivity index (χ0) is 54.7. The van der Waals surface area contributed by atoms with Gasteiger partial charge in [-0.25, -0.2) is 4.79 Å². The molecule has 6 atom stereocenters. The lowest BCUT2D eigenvalue weighted by atomic mass is 9.98. The Labute approximate surface area is 451 Å². The van der Waals surface area contributed by atoms with E-state index in [2.05, 4.69) is 142 Å². The van der Waals surface area contributed by atoms with Crippen molar-refractivity contribution < 1.29 is 58.2 Å². The number of unbranched alkanes of at least 4 members (excludes halogenated alkanes) is 9. The number of ether oxygens (including phenoxy) is 5. The molecule has 0 aromatic rings. The van der Waals surface area contributed by atoms with Crippen molar-refractivity contribution in [2.24, 2.45) is 0 Å². The monoisotopic (exact) mass is 1040 g/mol. The van der Waals surface area contributed by atoms with Crippen LogP contribution in [0.3, 0.4) is 0 Å². The van der Waals surface area contributed by atoms with Gasteiger partial charge >= 0.3 is 23.9 Å². The molecule has 0 aromatic heterocycles. The molecule has 12 heteroatoms. The number of hydrogen-bond acceptors (Lipinski definition) is 11. The summed E-state index contributed by atoms with van der Waals surface area (Å²) in [6, 6.07) is 0. The number of carboxylic acids is 1. The lowest BCUT2D eigenvalue weighted by Gasteiger charge is -2.40. The molecule has 420 valence electrons. The molecule has 0 saturated carbocycles. The second kappa shape index (κ2) is 49.7. The Morgan fingerprint density at radius 1 is 0.440 bits per heavy atom. The zero-order valence-corrected chi connectivity index (χ0v) is 46.0. The van der Waals surface area contributed by atoms with Crippen LogP contribution in [0.2, 0.25) is 0 Å². The second-order valence-corrected chi connectivity index (χ2v) is 18.4. The molecule has 6 unspecified atom stereocenters. The van der Waals surface area contributed by atoms with Crippen LogP contribution in [0.25, 0.3) is 0 Å². The number of aliphatic hydroxyl groups is 2. The predicted molar refractivity (Wildman–Crippen MR) is 303 cm³/mol. The molecule has 75 heavy (non-hydrogen) atoms. The van der Waals surface area contributed by atoms with Gasteiger partial charge in [-0.2, -0.15) is 0 Å². The Kier molecular flexibility index (Phi) is 45.0. The molecular weight excluding hydrogens is 949 g/mol. The van der Waals surface area contributed by atoms with Crippen LogP contribution in [0.1, 0.15) is 188 Å². The summed E-state index contributed by atoms with van der Waals surface area (Å²) in [7, 11) is 0. The van der Waals surface area contributed by atoms with E-state index >= 15 is 0 Å². The molecule has 1 rings (SSSR count). The third-order valence-corrected chi connectivity index (χ3v) is 11.7. The van der Waals surface area contributed by atoms with Crippen molar-refractivity contribution in [1.29, 1.82) is 0 Å². The highest BCUT2D eigenvalue weighted by Crippen LogP contribution is 2.26. The minimum atomic E-state index is -1.93. The molecule has 3 N–H and O–H groups in total. The minimum absolute atomic E-state index is 0.0149. The SMILES string of the molecule is CC/C=C\C/C=C\C/C=C\C/C=C\CCCCCCC(=O)OC1C(OCC(COC(=O)CCCCCCC/C=C\C/C=C\C/C=C\CC)OC(=O)CC/C=C\C/C=C\C/C=C\C/C=C\CC)OC(C(=O)O)C(O)C1O. The van der Waals surface area contributed by atoms with Crippen molar-refractivity contribution in [2.45, 2.75) is 225 Å². The van der Waals surface area contributed by atoms with Gasteiger partial charge in [0.25, 0.3) is 0 Å². The zero-order valence-electron chi connectivity index (χ0n) is 46.0. The summed E-state index contributed by atoms with van der Waals surface area (Å²) in [4.78, 5) is 51.0. The molecule has 1 saturated heterocycles. The van der Waals surface area contributed by atoms with Gasteiger partial charge in [-0.1, -0.05) is 187 Å². The molecule has 12 nitrogen and oxygen atoms in total. The van der Waals surface area contributed by atoms with E-state index in [0.717, 1.165) is 122 Å². The Balaban J connectivity index is 2.77. The average Bonchev–Trinajstić information content (AvgIpc) is 3.39. The maximum Gasteiger partial charge on any atom is 0.335 e. The molecule has 0 aromatic carbocycles. The molecule has 0 aliphatic carbocycles. The van der Waals surface area contributed by atoms with Gasteiger partial charge in [-0.3, -0.25) is 14.4 Å². The summed E-state index contributed by atoms with van der Waals surface area (Å²) in [6.07, 6.45) is 57.3. The van der Waals surface area contributed by atoms with Crippen LogP contribution in [0.15, 0.2) is 134 Å². The Hall–Kier alpha value is -5.14. The van der Waals surface area contributed by atoms with E-state index in [-0.39, 0.29) is 25.9 Å². The highest BCUT2D eigenvalue weighted by Gasteiger charge is 2.50. The van der Waals surface area contributed by atoms with Crippen LogP contribution in [0, 0.1) is 0 Å². The number of hydrogen-bond donors (Lipinski definition) is 3. The molecule has 1 heterocycles. The maximum absolute atomic E-state index is 13.1. The minimum Gasteiger partial charge on any atom is -0.479 e. The highest BCUT2D eigenvalue weighted by atomic mass is 16.7. The van der Waals surface area contributed by atoms with Crippen LogP contribution in [-0.2, 0) is 42.9 Å². The van der Waals surface area contributed by atoms with E-state index in [1.807, 2.05) is 12.2 Å². The Morgan fingerprint density at radius 2 is 0.827 bits per heavy atom. The molecule has 0 amide bonds. The van der Waals surface area contributed by atoms with Crippen molar-refractivity contribution >= 4 is 23.9 Å². The molecular formula is C63H96O12. The first-order valence-electron chi connectivity index (χ1n) is 28.2. The van der Waals surface area contributed by atoms with E-state index < -0.39 is 67.3 Å². The Bertz CT molecular complexity index is 1810. The van der Waals surface area contributed by atoms with E-state index in [0.29, 0.717) is 25.7 Å². The molecule has 1 aliphatic heterocycles. The quantitative estimate of drug-likeness (QED) is 0.0228. The summed E-state index contributed by atoms with van der Waals surface area (Å²) in [6.45, 7) is 5.53. The van der Waals surface area contributed by atoms with Gasteiger partial charge in [0.2, 0.25) is 0 Å². The van der Waals surface area contributed by atoms with E-state index in [9.17, 15) is 34.5 Å². The summed E-state index contributed by atoms with van der Waals surface area (Å²) in [5.74, 6) is -3.31. The largest absolute Gasteiger partial charge is 0.479 e.